The van der Waals surface area contributed by atoms with Gasteiger partial charge in [0.1, 0.15) is 5.02 Å². The van der Waals surface area contributed by atoms with E-state index in [1.54, 1.807) is 18.2 Å². The highest BCUT2D eigenvalue weighted by atomic mass is 35.5. The monoisotopic (exact) mass is 350 g/mol. The van der Waals surface area contributed by atoms with Gasteiger partial charge in [-0.15, -0.1) is 0 Å². The molecule has 2 atom stereocenters. The first kappa shape index (κ1) is 16.5. The molecule has 24 heavy (non-hydrogen) atoms. The fraction of sp³-hybridized carbons (Fsp3) is 0.467. The molecule has 1 aliphatic rings. The number of carbonyl (C=O) groups excluding carboxylic acids is 1. The summed E-state index contributed by atoms with van der Waals surface area (Å²) in [4.78, 5) is 26.2. The Morgan fingerprint density at radius 2 is 2.21 bits per heavy atom. The molecule has 1 saturated heterocycles. The van der Waals surface area contributed by atoms with Crippen LogP contribution in [0.1, 0.15) is 18.5 Å². The molecule has 2 aromatic heterocycles. The zero-order chi connectivity index (χ0) is 17.3. The summed E-state index contributed by atoms with van der Waals surface area (Å²) >= 11 is 6.19. The van der Waals surface area contributed by atoms with Crippen molar-refractivity contribution in [2.24, 2.45) is 7.05 Å². The average molecular weight is 351 g/mol. The second kappa shape index (κ2) is 6.64. The van der Waals surface area contributed by atoms with Crippen LogP contribution >= 0.6 is 11.6 Å². The van der Waals surface area contributed by atoms with Crippen LogP contribution in [0.2, 0.25) is 5.02 Å². The minimum atomic E-state index is -0.0547. The highest BCUT2D eigenvalue weighted by molar-refractivity contribution is 6.32. The molecule has 1 aliphatic heterocycles. The molecule has 0 aromatic carbocycles. The van der Waals surface area contributed by atoms with Gasteiger partial charge in [-0.2, -0.15) is 4.98 Å². The number of likely N-dealkylation sites (tertiary alicyclic amines) is 1. The first-order chi connectivity index (χ1) is 11.5. The number of halogens is 1. The first-order valence-corrected chi connectivity index (χ1v) is 7.92. The summed E-state index contributed by atoms with van der Waals surface area (Å²) in [6, 6.07) is 0.179. The Labute approximate surface area is 144 Å². The lowest BCUT2D eigenvalue weighted by atomic mass is 10.0. The van der Waals surface area contributed by atoms with Crippen LogP contribution < -0.4 is 10.1 Å². The molecule has 3 heterocycles. The molecule has 0 bridgehead atoms. The quantitative estimate of drug-likeness (QED) is 0.894. The zero-order valence-corrected chi connectivity index (χ0v) is 14.5. The number of nitrogens with zero attached hydrogens (tertiary/aromatic N) is 5. The van der Waals surface area contributed by atoms with Crippen LogP contribution in [0.25, 0.3) is 0 Å². The standard InChI is InChI=1S/C15H19ClN6O2/c1-9(23)22-5-10(12-6-21(2)8-18-12)13(7-22)19-14-11(16)4-17-15(20-14)24-3/h4,6,8,10,13H,5,7H2,1-3H3,(H,17,19,20)/t10-,13+/m0/s1. The lowest BCUT2D eigenvalue weighted by Gasteiger charge is -2.19. The van der Waals surface area contributed by atoms with E-state index < -0.39 is 0 Å². The van der Waals surface area contributed by atoms with Gasteiger partial charge in [0.15, 0.2) is 5.82 Å². The molecular weight excluding hydrogens is 332 g/mol. The molecule has 1 fully saturated rings. The van der Waals surface area contributed by atoms with Crippen molar-refractivity contribution in [3.63, 3.8) is 0 Å². The lowest BCUT2D eigenvalue weighted by molar-refractivity contribution is -0.127. The smallest absolute Gasteiger partial charge is 0.318 e. The molecule has 0 aliphatic carbocycles. The molecule has 0 spiro atoms. The van der Waals surface area contributed by atoms with Crippen LogP contribution in [-0.4, -0.2) is 56.6 Å². The van der Waals surface area contributed by atoms with Gasteiger partial charge in [-0.1, -0.05) is 11.6 Å². The maximum atomic E-state index is 11.8. The molecule has 0 unspecified atom stereocenters. The summed E-state index contributed by atoms with van der Waals surface area (Å²) in [7, 11) is 3.42. The number of rotatable bonds is 4. The number of aryl methyl sites for hydroxylation is 1. The fourth-order valence-corrected chi connectivity index (χ4v) is 3.00. The van der Waals surface area contributed by atoms with Crippen molar-refractivity contribution in [1.29, 1.82) is 0 Å². The van der Waals surface area contributed by atoms with Crippen LogP contribution in [-0.2, 0) is 11.8 Å². The van der Waals surface area contributed by atoms with Gasteiger partial charge in [0.2, 0.25) is 5.91 Å². The number of anilines is 1. The van der Waals surface area contributed by atoms with Gasteiger partial charge >= 0.3 is 6.01 Å². The van der Waals surface area contributed by atoms with Gasteiger partial charge in [0.05, 0.1) is 31.4 Å². The highest BCUT2D eigenvalue weighted by Crippen LogP contribution is 2.31. The van der Waals surface area contributed by atoms with Crippen LogP contribution in [0.15, 0.2) is 18.7 Å². The zero-order valence-electron chi connectivity index (χ0n) is 13.7. The van der Waals surface area contributed by atoms with Gasteiger partial charge in [-0.3, -0.25) is 4.79 Å². The van der Waals surface area contributed by atoms with Crippen LogP contribution in [0, 0.1) is 0 Å². The van der Waals surface area contributed by atoms with Crippen molar-refractivity contribution in [1.82, 2.24) is 24.4 Å². The topological polar surface area (TPSA) is 85.2 Å². The average Bonchev–Trinajstić information content (AvgIpc) is 3.15. The van der Waals surface area contributed by atoms with E-state index in [4.69, 9.17) is 16.3 Å². The van der Waals surface area contributed by atoms with Gasteiger partial charge in [-0.25, -0.2) is 9.97 Å². The number of hydrogen-bond acceptors (Lipinski definition) is 6. The minimum Gasteiger partial charge on any atom is -0.467 e. The predicted octanol–water partition coefficient (Wildman–Crippen LogP) is 1.30. The predicted molar refractivity (Wildman–Crippen MR) is 89.2 cm³/mol. The van der Waals surface area contributed by atoms with E-state index in [1.165, 1.54) is 13.3 Å². The number of nitrogens with one attached hydrogen (secondary N) is 1. The summed E-state index contributed by atoms with van der Waals surface area (Å²) in [6.07, 6.45) is 5.21. The van der Waals surface area contributed by atoms with E-state index >= 15 is 0 Å². The Hall–Kier alpha value is -2.35. The Bertz CT molecular complexity index is 749. The van der Waals surface area contributed by atoms with Crippen LogP contribution in [0.4, 0.5) is 5.82 Å². The van der Waals surface area contributed by atoms with Crippen molar-refractivity contribution in [2.75, 3.05) is 25.5 Å². The van der Waals surface area contributed by atoms with Gasteiger partial charge in [-0.05, 0) is 0 Å². The summed E-state index contributed by atoms with van der Waals surface area (Å²) in [6.45, 7) is 2.72. The van der Waals surface area contributed by atoms with Crippen molar-refractivity contribution in [3.05, 3.63) is 29.4 Å². The molecular formula is C15H19ClN6O2. The number of amides is 1. The molecule has 128 valence electrons. The third-order valence-corrected chi connectivity index (χ3v) is 4.37. The Morgan fingerprint density at radius 3 is 2.83 bits per heavy atom. The van der Waals surface area contributed by atoms with Crippen LogP contribution in [0.5, 0.6) is 6.01 Å². The normalized spacial score (nSPS) is 20.2. The van der Waals surface area contributed by atoms with E-state index in [0.717, 1.165) is 5.69 Å². The second-order valence-corrected chi connectivity index (χ2v) is 6.21. The van der Waals surface area contributed by atoms with Gasteiger partial charge < -0.3 is 19.5 Å². The maximum absolute atomic E-state index is 11.8. The van der Waals surface area contributed by atoms with Crippen molar-refractivity contribution < 1.29 is 9.53 Å². The van der Waals surface area contributed by atoms with Crippen molar-refractivity contribution in [3.8, 4) is 6.01 Å². The number of aromatic nitrogens is 4. The van der Waals surface area contributed by atoms with Gasteiger partial charge in [0.25, 0.3) is 0 Å². The van der Waals surface area contributed by atoms with Crippen molar-refractivity contribution >= 4 is 23.3 Å². The molecule has 1 amide bonds. The minimum absolute atomic E-state index is 0.0339. The fourth-order valence-electron chi connectivity index (χ4n) is 2.86. The summed E-state index contributed by atoms with van der Waals surface area (Å²) in [5, 5.41) is 3.72. The lowest BCUT2D eigenvalue weighted by Crippen LogP contribution is -2.30. The molecule has 3 rings (SSSR count). The van der Waals surface area contributed by atoms with E-state index in [9.17, 15) is 4.79 Å². The third-order valence-electron chi connectivity index (χ3n) is 4.10. The number of methoxy groups -OCH3 is 1. The number of imidazole rings is 1. The van der Waals surface area contributed by atoms with E-state index in [-0.39, 0.29) is 23.9 Å². The summed E-state index contributed by atoms with van der Waals surface area (Å²) in [5.74, 6) is 0.568. The van der Waals surface area contributed by atoms with Crippen LogP contribution in [0.3, 0.4) is 0 Å². The summed E-state index contributed by atoms with van der Waals surface area (Å²) in [5.41, 5.74) is 0.927. The molecule has 2 aromatic rings. The third kappa shape index (κ3) is 3.28. The Balaban J connectivity index is 1.87. The molecule has 9 heteroatoms. The van der Waals surface area contributed by atoms with E-state index in [0.29, 0.717) is 23.9 Å². The van der Waals surface area contributed by atoms with Gasteiger partial charge in [0, 0.05) is 39.2 Å². The number of hydrogen-bond donors (Lipinski definition) is 1. The summed E-state index contributed by atoms with van der Waals surface area (Å²) < 4.78 is 6.94. The maximum Gasteiger partial charge on any atom is 0.318 e. The molecule has 0 saturated carbocycles. The second-order valence-electron chi connectivity index (χ2n) is 5.80. The van der Waals surface area contributed by atoms with E-state index in [2.05, 4.69) is 20.3 Å². The number of carbonyl (C=O) groups is 1. The molecule has 1 N–H and O–H groups in total. The Kier molecular flexibility index (Phi) is 4.57. The SMILES string of the molecule is COc1ncc(Cl)c(N[C@@H]2CN(C(C)=O)C[C@H]2c2cn(C)cn2)n1. The Morgan fingerprint density at radius 1 is 1.42 bits per heavy atom. The number of ether oxygens (including phenoxy) is 1. The van der Waals surface area contributed by atoms with Crippen molar-refractivity contribution in [2.45, 2.75) is 18.9 Å². The highest BCUT2D eigenvalue weighted by Gasteiger charge is 2.37. The molecule has 0 radical (unpaired) electrons. The largest absolute Gasteiger partial charge is 0.467 e. The molecule has 8 nitrogen and oxygen atoms in total. The van der Waals surface area contributed by atoms with E-state index in [1.807, 2.05) is 17.8 Å². The first-order valence-electron chi connectivity index (χ1n) is 7.54.